The molecule has 0 heterocycles. The standard InChI is InChI=1S/C13H24N2O4/c1-9(7-11(17)18)8-15-10(16)5-6-14-12(19)13(2,3)4/h9H,5-8H2,1-4H3,(H,14,19)(H,15,16)(H,17,18). The molecule has 6 heteroatoms. The molecule has 0 rings (SSSR count). The van der Waals surface area contributed by atoms with Gasteiger partial charge >= 0.3 is 5.97 Å². The van der Waals surface area contributed by atoms with Gasteiger partial charge in [0, 0.05) is 31.3 Å². The molecule has 2 amide bonds. The van der Waals surface area contributed by atoms with E-state index in [9.17, 15) is 14.4 Å². The van der Waals surface area contributed by atoms with Crippen LogP contribution in [0.5, 0.6) is 0 Å². The molecule has 1 atom stereocenters. The zero-order valence-electron chi connectivity index (χ0n) is 12.1. The van der Waals surface area contributed by atoms with Gasteiger partial charge in [0.25, 0.3) is 0 Å². The maximum absolute atomic E-state index is 11.5. The van der Waals surface area contributed by atoms with Gasteiger partial charge in [-0.1, -0.05) is 27.7 Å². The molecule has 0 aromatic rings. The Balaban J connectivity index is 3.77. The van der Waals surface area contributed by atoms with Gasteiger partial charge in [-0.15, -0.1) is 0 Å². The van der Waals surface area contributed by atoms with Crippen molar-refractivity contribution in [3.8, 4) is 0 Å². The summed E-state index contributed by atoms with van der Waals surface area (Å²) in [5.74, 6) is -1.27. The number of amides is 2. The largest absolute Gasteiger partial charge is 0.481 e. The number of carbonyl (C=O) groups is 3. The Morgan fingerprint density at radius 2 is 1.74 bits per heavy atom. The molecular formula is C13H24N2O4. The van der Waals surface area contributed by atoms with E-state index >= 15 is 0 Å². The van der Waals surface area contributed by atoms with Crippen molar-refractivity contribution in [1.82, 2.24) is 10.6 Å². The van der Waals surface area contributed by atoms with Gasteiger partial charge in [0.1, 0.15) is 0 Å². The van der Waals surface area contributed by atoms with Crippen molar-refractivity contribution < 1.29 is 19.5 Å². The van der Waals surface area contributed by atoms with Crippen molar-refractivity contribution in [2.45, 2.75) is 40.5 Å². The molecule has 0 aliphatic rings. The second-order valence-electron chi connectivity index (χ2n) is 5.76. The van der Waals surface area contributed by atoms with E-state index in [0.717, 1.165) is 0 Å². The van der Waals surface area contributed by atoms with Gasteiger partial charge in [0.2, 0.25) is 11.8 Å². The second-order valence-corrected chi connectivity index (χ2v) is 5.76. The van der Waals surface area contributed by atoms with E-state index < -0.39 is 11.4 Å². The van der Waals surface area contributed by atoms with Crippen molar-refractivity contribution in [2.24, 2.45) is 11.3 Å². The van der Waals surface area contributed by atoms with E-state index in [-0.39, 0.29) is 37.1 Å². The molecule has 3 N–H and O–H groups in total. The van der Waals surface area contributed by atoms with Crippen LogP contribution in [0, 0.1) is 11.3 Å². The van der Waals surface area contributed by atoms with Crippen LogP contribution in [-0.2, 0) is 14.4 Å². The number of hydrogen-bond donors (Lipinski definition) is 3. The summed E-state index contributed by atoms with van der Waals surface area (Å²) in [5, 5.41) is 13.9. The monoisotopic (exact) mass is 272 g/mol. The normalized spacial score (nSPS) is 12.6. The van der Waals surface area contributed by atoms with Crippen LogP contribution in [0.3, 0.4) is 0 Å². The lowest BCUT2D eigenvalue weighted by Gasteiger charge is -2.17. The number of hydrogen-bond acceptors (Lipinski definition) is 3. The zero-order chi connectivity index (χ0) is 15.1. The predicted molar refractivity (Wildman–Crippen MR) is 71.5 cm³/mol. The van der Waals surface area contributed by atoms with Crippen molar-refractivity contribution in [2.75, 3.05) is 13.1 Å². The maximum atomic E-state index is 11.5. The Morgan fingerprint density at radius 1 is 1.16 bits per heavy atom. The third-order valence-electron chi connectivity index (χ3n) is 2.49. The van der Waals surface area contributed by atoms with Crippen molar-refractivity contribution >= 4 is 17.8 Å². The lowest BCUT2D eigenvalue weighted by atomic mass is 9.96. The van der Waals surface area contributed by atoms with Gasteiger partial charge in [-0.25, -0.2) is 0 Å². The Labute approximate surface area is 113 Å². The molecule has 0 aromatic heterocycles. The molecule has 0 fully saturated rings. The fourth-order valence-electron chi connectivity index (χ4n) is 1.30. The lowest BCUT2D eigenvalue weighted by Crippen LogP contribution is -2.38. The van der Waals surface area contributed by atoms with Crippen LogP contribution in [0.4, 0.5) is 0 Å². The molecular weight excluding hydrogens is 248 g/mol. The van der Waals surface area contributed by atoms with Crippen molar-refractivity contribution in [3.63, 3.8) is 0 Å². The molecule has 0 saturated carbocycles. The molecule has 110 valence electrons. The molecule has 19 heavy (non-hydrogen) atoms. The highest BCUT2D eigenvalue weighted by molar-refractivity contribution is 5.82. The number of carbonyl (C=O) groups excluding carboxylic acids is 2. The number of aliphatic carboxylic acids is 1. The Hall–Kier alpha value is -1.59. The highest BCUT2D eigenvalue weighted by atomic mass is 16.4. The van der Waals surface area contributed by atoms with Gasteiger partial charge in [-0.2, -0.15) is 0 Å². The molecule has 0 spiro atoms. The van der Waals surface area contributed by atoms with Gasteiger partial charge in [0.15, 0.2) is 0 Å². The molecule has 6 nitrogen and oxygen atoms in total. The Morgan fingerprint density at radius 3 is 2.21 bits per heavy atom. The third kappa shape index (κ3) is 9.04. The third-order valence-corrected chi connectivity index (χ3v) is 2.49. The molecule has 0 aromatic carbocycles. The Kier molecular flexibility index (Phi) is 7.11. The van der Waals surface area contributed by atoms with Gasteiger partial charge < -0.3 is 15.7 Å². The topological polar surface area (TPSA) is 95.5 Å². The van der Waals surface area contributed by atoms with Crippen molar-refractivity contribution in [3.05, 3.63) is 0 Å². The van der Waals surface area contributed by atoms with E-state index in [1.807, 2.05) is 0 Å². The predicted octanol–water partition coefficient (Wildman–Crippen LogP) is 0.766. The molecule has 0 radical (unpaired) electrons. The minimum absolute atomic E-state index is 0.0288. The van der Waals surface area contributed by atoms with E-state index in [0.29, 0.717) is 6.54 Å². The smallest absolute Gasteiger partial charge is 0.303 e. The minimum Gasteiger partial charge on any atom is -0.481 e. The quantitative estimate of drug-likeness (QED) is 0.637. The fraction of sp³-hybridized carbons (Fsp3) is 0.769. The van der Waals surface area contributed by atoms with Crippen LogP contribution in [-0.4, -0.2) is 36.0 Å². The summed E-state index contributed by atoms with van der Waals surface area (Å²) in [6.07, 6.45) is 0.225. The van der Waals surface area contributed by atoms with Gasteiger partial charge in [0.05, 0.1) is 0 Å². The van der Waals surface area contributed by atoms with E-state index in [1.54, 1.807) is 27.7 Å². The first-order valence-electron chi connectivity index (χ1n) is 6.39. The van der Waals surface area contributed by atoms with Crippen LogP contribution in [0.15, 0.2) is 0 Å². The number of rotatable bonds is 7. The molecule has 0 aliphatic carbocycles. The molecule has 0 saturated heterocycles. The van der Waals surface area contributed by atoms with E-state index in [1.165, 1.54) is 0 Å². The number of nitrogens with one attached hydrogen (secondary N) is 2. The maximum Gasteiger partial charge on any atom is 0.303 e. The summed E-state index contributed by atoms with van der Waals surface area (Å²) < 4.78 is 0. The van der Waals surface area contributed by atoms with Gasteiger partial charge in [-0.3, -0.25) is 14.4 Å². The fourth-order valence-corrected chi connectivity index (χ4v) is 1.30. The van der Waals surface area contributed by atoms with Crippen LogP contribution in [0.1, 0.15) is 40.5 Å². The van der Waals surface area contributed by atoms with Crippen LogP contribution >= 0.6 is 0 Å². The SMILES string of the molecule is CC(CNC(=O)CCNC(=O)C(C)(C)C)CC(=O)O. The molecule has 0 bridgehead atoms. The average molecular weight is 272 g/mol. The second kappa shape index (κ2) is 7.76. The van der Waals surface area contributed by atoms with Crippen LogP contribution < -0.4 is 10.6 Å². The highest BCUT2D eigenvalue weighted by Gasteiger charge is 2.20. The summed E-state index contributed by atoms with van der Waals surface area (Å²) >= 11 is 0. The number of carboxylic acid groups (broad SMARTS) is 1. The Bertz CT molecular complexity index is 334. The van der Waals surface area contributed by atoms with Gasteiger partial charge in [-0.05, 0) is 5.92 Å². The number of carboxylic acids is 1. The highest BCUT2D eigenvalue weighted by Crippen LogP contribution is 2.12. The minimum atomic E-state index is -0.876. The first kappa shape index (κ1) is 17.4. The average Bonchev–Trinajstić information content (AvgIpc) is 2.24. The first-order chi connectivity index (χ1) is 8.62. The summed E-state index contributed by atoms with van der Waals surface area (Å²) in [6.45, 7) is 7.78. The summed E-state index contributed by atoms with van der Waals surface area (Å²) in [4.78, 5) is 33.4. The molecule has 0 aliphatic heterocycles. The summed E-state index contributed by atoms with van der Waals surface area (Å²) in [7, 11) is 0. The lowest BCUT2D eigenvalue weighted by molar-refractivity contribution is -0.138. The van der Waals surface area contributed by atoms with E-state index in [2.05, 4.69) is 10.6 Å². The zero-order valence-corrected chi connectivity index (χ0v) is 12.1. The summed E-state index contributed by atoms with van der Waals surface area (Å²) in [5.41, 5.74) is -0.466. The van der Waals surface area contributed by atoms with Crippen LogP contribution in [0.25, 0.3) is 0 Å². The first-order valence-corrected chi connectivity index (χ1v) is 6.39. The van der Waals surface area contributed by atoms with E-state index in [4.69, 9.17) is 5.11 Å². The van der Waals surface area contributed by atoms with Crippen molar-refractivity contribution in [1.29, 1.82) is 0 Å². The summed E-state index contributed by atoms with van der Waals surface area (Å²) in [6, 6.07) is 0. The van der Waals surface area contributed by atoms with Crippen LogP contribution in [0.2, 0.25) is 0 Å². The molecule has 1 unspecified atom stereocenters.